The maximum atomic E-state index is 3.70. The van der Waals surface area contributed by atoms with Gasteiger partial charge in [-0.25, -0.2) is 0 Å². The van der Waals surface area contributed by atoms with Crippen molar-refractivity contribution >= 4 is 0 Å². The molecule has 0 heterocycles. The van der Waals surface area contributed by atoms with Crippen LogP contribution in [0.5, 0.6) is 0 Å². The summed E-state index contributed by atoms with van der Waals surface area (Å²) in [5.74, 6) is 0.991. The Balaban J connectivity index is 1.79. The molecule has 88 valence electrons. The Labute approximate surface area is 99.3 Å². The van der Waals surface area contributed by atoms with Gasteiger partial charge in [0.25, 0.3) is 0 Å². The van der Waals surface area contributed by atoms with Crippen molar-refractivity contribution in [2.45, 2.75) is 51.6 Å². The minimum Gasteiger partial charge on any atom is -0.308 e. The highest BCUT2D eigenvalue weighted by atomic mass is 14.9. The van der Waals surface area contributed by atoms with Crippen molar-refractivity contribution < 1.29 is 0 Å². The molecule has 0 radical (unpaired) electrons. The van der Waals surface area contributed by atoms with Crippen LogP contribution in [0.1, 0.15) is 51.1 Å². The molecule has 0 saturated heterocycles. The van der Waals surface area contributed by atoms with Gasteiger partial charge < -0.3 is 5.32 Å². The standard InChI is InChI=1S/C15H23N/c1-12(11-14-7-6-8-14)16-13(2)15-9-4-3-5-10-15/h3-5,9-10,12-14,16H,6-8,11H2,1-2H3/t12?,13-/m0/s1. The summed E-state index contributed by atoms with van der Waals surface area (Å²) < 4.78 is 0. The van der Waals surface area contributed by atoms with Crippen molar-refractivity contribution in [3.63, 3.8) is 0 Å². The Kier molecular flexibility index (Phi) is 4.00. The van der Waals surface area contributed by atoms with E-state index >= 15 is 0 Å². The zero-order valence-corrected chi connectivity index (χ0v) is 10.4. The van der Waals surface area contributed by atoms with Crippen LogP contribution in [0.4, 0.5) is 0 Å². The number of nitrogens with one attached hydrogen (secondary N) is 1. The second kappa shape index (κ2) is 5.49. The van der Waals surface area contributed by atoms with Crippen molar-refractivity contribution in [1.82, 2.24) is 5.32 Å². The van der Waals surface area contributed by atoms with Gasteiger partial charge in [0.2, 0.25) is 0 Å². The first-order chi connectivity index (χ1) is 7.75. The van der Waals surface area contributed by atoms with Gasteiger partial charge in [-0.15, -0.1) is 0 Å². The molecule has 1 aromatic carbocycles. The van der Waals surface area contributed by atoms with Crippen LogP contribution < -0.4 is 5.32 Å². The second-order valence-corrected chi connectivity index (χ2v) is 5.23. The minimum atomic E-state index is 0.469. The van der Waals surface area contributed by atoms with E-state index in [4.69, 9.17) is 0 Å². The van der Waals surface area contributed by atoms with Gasteiger partial charge in [0.05, 0.1) is 0 Å². The van der Waals surface area contributed by atoms with Crippen molar-refractivity contribution in [2.75, 3.05) is 0 Å². The fourth-order valence-corrected chi connectivity index (χ4v) is 2.56. The van der Waals surface area contributed by atoms with Crippen LogP contribution in [-0.2, 0) is 0 Å². The first-order valence-corrected chi connectivity index (χ1v) is 6.56. The maximum Gasteiger partial charge on any atom is 0.0294 e. The fourth-order valence-electron chi connectivity index (χ4n) is 2.56. The smallest absolute Gasteiger partial charge is 0.0294 e. The molecule has 1 saturated carbocycles. The fraction of sp³-hybridized carbons (Fsp3) is 0.600. The maximum absolute atomic E-state index is 3.70. The molecule has 1 nitrogen and oxygen atoms in total. The number of hydrogen-bond donors (Lipinski definition) is 1. The van der Waals surface area contributed by atoms with Crippen LogP contribution >= 0.6 is 0 Å². The van der Waals surface area contributed by atoms with Gasteiger partial charge in [-0.05, 0) is 31.7 Å². The molecule has 2 rings (SSSR count). The highest BCUT2D eigenvalue weighted by Crippen LogP contribution is 2.30. The van der Waals surface area contributed by atoms with Crippen LogP contribution in [0.2, 0.25) is 0 Å². The molecule has 0 bridgehead atoms. The zero-order valence-electron chi connectivity index (χ0n) is 10.4. The summed E-state index contributed by atoms with van der Waals surface area (Å²) in [6.07, 6.45) is 5.69. The summed E-state index contributed by atoms with van der Waals surface area (Å²) >= 11 is 0. The van der Waals surface area contributed by atoms with Gasteiger partial charge >= 0.3 is 0 Å². The molecular weight excluding hydrogens is 194 g/mol. The zero-order chi connectivity index (χ0) is 11.4. The third-order valence-electron chi connectivity index (χ3n) is 3.75. The molecule has 1 unspecified atom stereocenters. The molecule has 0 amide bonds. The van der Waals surface area contributed by atoms with Gasteiger partial charge in [-0.2, -0.15) is 0 Å². The third-order valence-corrected chi connectivity index (χ3v) is 3.75. The van der Waals surface area contributed by atoms with Crippen LogP contribution in [0.15, 0.2) is 30.3 Å². The average Bonchev–Trinajstić information content (AvgIpc) is 2.25. The van der Waals surface area contributed by atoms with E-state index in [1.807, 2.05) is 0 Å². The van der Waals surface area contributed by atoms with Gasteiger partial charge in [-0.1, -0.05) is 49.6 Å². The number of rotatable bonds is 5. The molecule has 1 aliphatic rings. The van der Waals surface area contributed by atoms with Crippen LogP contribution in [-0.4, -0.2) is 6.04 Å². The Morgan fingerprint density at radius 1 is 1.19 bits per heavy atom. The summed E-state index contributed by atoms with van der Waals surface area (Å²) in [4.78, 5) is 0. The average molecular weight is 217 g/mol. The molecule has 1 aromatic rings. The Morgan fingerprint density at radius 3 is 2.44 bits per heavy atom. The largest absolute Gasteiger partial charge is 0.308 e. The first kappa shape index (κ1) is 11.7. The van der Waals surface area contributed by atoms with Crippen molar-refractivity contribution in [2.24, 2.45) is 5.92 Å². The van der Waals surface area contributed by atoms with E-state index in [0.717, 1.165) is 5.92 Å². The van der Waals surface area contributed by atoms with Gasteiger partial charge in [0.1, 0.15) is 0 Å². The van der Waals surface area contributed by atoms with E-state index < -0.39 is 0 Å². The van der Waals surface area contributed by atoms with Crippen molar-refractivity contribution in [3.8, 4) is 0 Å². The van der Waals surface area contributed by atoms with E-state index in [-0.39, 0.29) is 0 Å². The molecule has 16 heavy (non-hydrogen) atoms. The lowest BCUT2D eigenvalue weighted by Gasteiger charge is -2.30. The highest BCUT2D eigenvalue weighted by Gasteiger charge is 2.20. The predicted octanol–water partition coefficient (Wildman–Crippen LogP) is 3.92. The minimum absolute atomic E-state index is 0.469. The van der Waals surface area contributed by atoms with Crippen molar-refractivity contribution in [3.05, 3.63) is 35.9 Å². The van der Waals surface area contributed by atoms with Gasteiger partial charge in [0.15, 0.2) is 0 Å². The number of benzene rings is 1. The molecule has 0 aromatic heterocycles. The van der Waals surface area contributed by atoms with E-state index in [2.05, 4.69) is 49.5 Å². The lowest BCUT2D eigenvalue weighted by atomic mass is 9.81. The van der Waals surface area contributed by atoms with Crippen molar-refractivity contribution in [1.29, 1.82) is 0 Å². The van der Waals surface area contributed by atoms with E-state index in [9.17, 15) is 0 Å². The molecular formula is C15H23N. The SMILES string of the molecule is CC(CC1CCC1)N[C@@H](C)c1ccccc1. The van der Waals surface area contributed by atoms with E-state index in [1.54, 1.807) is 0 Å². The molecule has 0 spiro atoms. The summed E-state index contributed by atoms with van der Waals surface area (Å²) in [6, 6.07) is 11.8. The van der Waals surface area contributed by atoms with Gasteiger partial charge in [0, 0.05) is 12.1 Å². The molecule has 1 heteroatoms. The molecule has 2 atom stereocenters. The first-order valence-electron chi connectivity index (χ1n) is 6.56. The van der Waals surface area contributed by atoms with E-state index in [1.165, 1.54) is 31.2 Å². The Morgan fingerprint density at radius 2 is 1.88 bits per heavy atom. The third kappa shape index (κ3) is 3.08. The van der Waals surface area contributed by atoms with E-state index in [0.29, 0.717) is 12.1 Å². The second-order valence-electron chi connectivity index (χ2n) is 5.23. The number of hydrogen-bond acceptors (Lipinski definition) is 1. The Hall–Kier alpha value is -0.820. The van der Waals surface area contributed by atoms with Crippen LogP contribution in [0, 0.1) is 5.92 Å². The Bertz CT molecular complexity index is 302. The monoisotopic (exact) mass is 217 g/mol. The van der Waals surface area contributed by atoms with Crippen LogP contribution in [0.3, 0.4) is 0 Å². The topological polar surface area (TPSA) is 12.0 Å². The predicted molar refractivity (Wildman–Crippen MR) is 69.4 cm³/mol. The molecule has 1 N–H and O–H groups in total. The summed E-state index contributed by atoms with van der Waals surface area (Å²) in [7, 11) is 0. The summed E-state index contributed by atoms with van der Waals surface area (Å²) in [6.45, 7) is 4.57. The van der Waals surface area contributed by atoms with Crippen LogP contribution in [0.25, 0.3) is 0 Å². The normalized spacial score (nSPS) is 20.1. The van der Waals surface area contributed by atoms with Gasteiger partial charge in [-0.3, -0.25) is 0 Å². The lowest BCUT2D eigenvalue weighted by molar-refractivity contribution is 0.259. The molecule has 1 fully saturated rings. The summed E-state index contributed by atoms with van der Waals surface area (Å²) in [5.41, 5.74) is 1.39. The quantitative estimate of drug-likeness (QED) is 0.788. The highest BCUT2D eigenvalue weighted by molar-refractivity contribution is 5.18. The molecule has 0 aliphatic heterocycles. The lowest BCUT2D eigenvalue weighted by Crippen LogP contribution is -2.32. The molecule has 1 aliphatic carbocycles. The summed E-state index contributed by atoms with van der Waals surface area (Å²) in [5, 5.41) is 3.70.